The number of aliphatic imine (C=N–C) groups is 1. The van der Waals surface area contributed by atoms with Crippen molar-refractivity contribution in [2.75, 3.05) is 4.90 Å². The van der Waals surface area contributed by atoms with E-state index >= 15 is 0 Å². The van der Waals surface area contributed by atoms with E-state index in [2.05, 4.69) is 74.0 Å². The number of halogens is 2. The summed E-state index contributed by atoms with van der Waals surface area (Å²) in [6.07, 6.45) is 3.28. The molecule has 0 atom stereocenters. The summed E-state index contributed by atoms with van der Waals surface area (Å²) in [5.41, 5.74) is 4.19. The number of hydrogen-bond acceptors (Lipinski definition) is 3. The molecule has 0 saturated carbocycles. The highest BCUT2D eigenvalue weighted by Crippen LogP contribution is 2.48. The molecule has 0 fully saturated rings. The lowest BCUT2D eigenvalue weighted by Crippen LogP contribution is -2.31. The minimum atomic E-state index is 0.0678. The van der Waals surface area contributed by atoms with Crippen LogP contribution in [0, 0.1) is 0 Å². The van der Waals surface area contributed by atoms with Crippen molar-refractivity contribution in [3.05, 3.63) is 46.3 Å². The fraction of sp³-hybridized carbons (Fsp3) is 0.353. The fourth-order valence-corrected chi connectivity index (χ4v) is 5.94. The lowest BCUT2D eigenvalue weighted by Gasteiger charge is -2.30. The van der Waals surface area contributed by atoms with Gasteiger partial charge in [0.1, 0.15) is 10.8 Å². The second kappa shape index (κ2) is 5.46. The third kappa shape index (κ3) is 2.57. The van der Waals surface area contributed by atoms with Crippen molar-refractivity contribution in [3.63, 3.8) is 0 Å². The lowest BCUT2D eigenvalue weighted by atomic mass is 9.94. The molecule has 22 heavy (non-hydrogen) atoms. The molecule has 2 aliphatic rings. The molecule has 4 rings (SSSR count). The smallest absolute Gasteiger partial charge is 0.123 e. The normalized spacial score (nSPS) is 19.4. The van der Waals surface area contributed by atoms with Crippen LogP contribution < -0.4 is 4.90 Å². The van der Waals surface area contributed by atoms with Gasteiger partial charge in [-0.3, -0.25) is 0 Å². The topological polar surface area (TPSA) is 15.6 Å². The van der Waals surface area contributed by atoms with Crippen molar-refractivity contribution in [3.8, 4) is 0 Å². The number of fused-ring (bicyclic) bond motifs is 3. The van der Waals surface area contributed by atoms with Crippen LogP contribution in [-0.4, -0.2) is 9.07 Å². The summed E-state index contributed by atoms with van der Waals surface area (Å²) >= 11 is 9.45. The second-order valence-electron chi connectivity index (χ2n) is 5.90. The van der Waals surface area contributed by atoms with Crippen LogP contribution in [0.1, 0.15) is 29.3 Å². The predicted molar refractivity (Wildman–Crippen MR) is 102 cm³/mol. The zero-order chi connectivity index (χ0) is 15.3. The van der Waals surface area contributed by atoms with Gasteiger partial charge >= 0.3 is 0 Å². The van der Waals surface area contributed by atoms with Crippen molar-refractivity contribution in [2.45, 2.75) is 36.0 Å². The third-order valence-electron chi connectivity index (χ3n) is 4.38. The van der Waals surface area contributed by atoms with E-state index in [4.69, 9.17) is 4.99 Å². The summed E-state index contributed by atoms with van der Waals surface area (Å²) < 4.78 is 0.0678. The Balaban J connectivity index is 1.74. The van der Waals surface area contributed by atoms with Gasteiger partial charge in [-0.25, -0.2) is 4.99 Å². The summed E-state index contributed by atoms with van der Waals surface area (Å²) in [6, 6.07) is 10.6. The third-order valence-corrected chi connectivity index (χ3v) is 6.90. The summed E-state index contributed by atoms with van der Waals surface area (Å²) in [7, 11) is 0. The second-order valence-corrected chi connectivity index (χ2v) is 11.1. The van der Waals surface area contributed by atoms with Gasteiger partial charge in [-0.05, 0) is 37.5 Å². The summed E-state index contributed by atoms with van der Waals surface area (Å²) in [6.45, 7) is 3.05. The van der Waals surface area contributed by atoms with Crippen LogP contribution in [-0.2, 0) is 19.4 Å². The average molecular weight is 440 g/mol. The van der Waals surface area contributed by atoms with Crippen LogP contribution >= 0.6 is 43.2 Å². The Labute approximate surface area is 151 Å². The van der Waals surface area contributed by atoms with E-state index in [9.17, 15) is 0 Å². The molecular formula is C17H16Br2N2S. The van der Waals surface area contributed by atoms with Crippen molar-refractivity contribution < 1.29 is 0 Å². The number of rotatable bonds is 1. The van der Waals surface area contributed by atoms with Gasteiger partial charge in [-0.1, -0.05) is 50.1 Å². The number of benzene rings is 1. The van der Waals surface area contributed by atoms with E-state index in [1.54, 1.807) is 0 Å². The molecule has 5 heteroatoms. The largest absolute Gasteiger partial charge is 0.325 e. The molecule has 0 spiro atoms. The lowest BCUT2D eigenvalue weighted by molar-refractivity contribution is 0.686. The maximum absolute atomic E-state index is 4.89. The van der Waals surface area contributed by atoms with Gasteiger partial charge in [0, 0.05) is 22.5 Å². The molecule has 1 aromatic carbocycles. The molecular weight excluding hydrogens is 424 g/mol. The monoisotopic (exact) mass is 438 g/mol. The van der Waals surface area contributed by atoms with Gasteiger partial charge in [0.15, 0.2) is 0 Å². The first-order chi connectivity index (χ1) is 10.5. The summed E-state index contributed by atoms with van der Waals surface area (Å²) in [5.74, 6) is 1.08. The van der Waals surface area contributed by atoms with Crippen LogP contribution in [0.3, 0.4) is 0 Å². The SMILES string of the molecule is CC1=Nc2sc3c(c2CN1c1ccccc1)CCC(Br)(Br)C3. The minimum Gasteiger partial charge on any atom is -0.325 e. The van der Waals surface area contributed by atoms with Crippen LogP contribution in [0.25, 0.3) is 0 Å². The molecule has 0 bridgehead atoms. The maximum Gasteiger partial charge on any atom is 0.123 e. The first kappa shape index (κ1) is 14.9. The minimum absolute atomic E-state index is 0.0678. The van der Waals surface area contributed by atoms with Gasteiger partial charge in [0.25, 0.3) is 0 Å². The van der Waals surface area contributed by atoms with Gasteiger partial charge in [0.2, 0.25) is 0 Å². The van der Waals surface area contributed by atoms with Gasteiger partial charge < -0.3 is 4.90 Å². The Morgan fingerprint density at radius 1 is 1.18 bits per heavy atom. The van der Waals surface area contributed by atoms with E-state index in [0.29, 0.717) is 0 Å². The maximum atomic E-state index is 4.89. The van der Waals surface area contributed by atoms with E-state index in [-0.39, 0.29) is 3.23 Å². The molecule has 0 amide bonds. The Kier molecular flexibility index (Phi) is 3.70. The van der Waals surface area contributed by atoms with E-state index in [1.807, 2.05) is 11.3 Å². The van der Waals surface area contributed by atoms with Crippen molar-refractivity contribution in [1.29, 1.82) is 0 Å². The van der Waals surface area contributed by atoms with Crippen LogP contribution in [0.4, 0.5) is 10.7 Å². The van der Waals surface area contributed by atoms with E-state index in [1.165, 1.54) is 26.7 Å². The highest BCUT2D eigenvalue weighted by Gasteiger charge is 2.34. The zero-order valence-corrected chi connectivity index (χ0v) is 16.3. The van der Waals surface area contributed by atoms with Crippen molar-refractivity contribution >= 4 is 59.7 Å². The zero-order valence-electron chi connectivity index (χ0n) is 12.3. The first-order valence-corrected chi connectivity index (χ1v) is 9.83. The van der Waals surface area contributed by atoms with Crippen LogP contribution in [0.15, 0.2) is 35.3 Å². The number of alkyl halides is 2. The predicted octanol–water partition coefficient (Wildman–Crippen LogP) is 5.79. The van der Waals surface area contributed by atoms with Crippen molar-refractivity contribution in [1.82, 2.24) is 0 Å². The van der Waals surface area contributed by atoms with Gasteiger partial charge in [-0.2, -0.15) is 0 Å². The molecule has 2 aromatic rings. The van der Waals surface area contributed by atoms with Crippen LogP contribution in [0.5, 0.6) is 0 Å². The molecule has 0 N–H and O–H groups in total. The molecule has 1 aromatic heterocycles. The first-order valence-electron chi connectivity index (χ1n) is 7.43. The number of amidine groups is 1. The molecule has 1 aliphatic heterocycles. The van der Waals surface area contributed by atoms with Gasteiger partial charge in [-0.15, -0.1) is 11.3 Å². The summed E-state index contributed by atoms with van der Waals surface area (Å²) in [5, 5.41) is 1.22. The molecule has 2 nitrogen and oxygen atoms in total. The number of hydrogen-bond donors (Lipinski definition) is 0. The molecule has 114 valence electrons. The fourth-order valence-electron chi connectivity index (χ4n) is 3.22. The Hall–Kier alpha value is -0.650. The van der Waals surface area contributed by atoms with Crippen molar-refractivity contribution in [2.24, 2.45) is 4.99 Å². The van der Waals surface area contributed by atoms with E-state index in [0.717, 1.165) is 31.6 Å². The molecule has 1 aliphatic carbocycles. The number of anilines is 1. The quantitative estimate of drug-likeness (QED) is 0.513. The summed E-state index contributed by atoms with van der Waals surface area (Å²) in [4.78, 5) is 8.69. The van der Waals surface area contributed by atoms with Gasteiger partial charge in [0.05, 0.1) is 9.78 Å². The molecule has 0 unspecified atom stereocenters. The Bertz CT molecular complexity index is 750. The highest BCUT2D eigenvalue weighted by molar-refractivity contribution is 9.25. The van der Waals surface area contributed by atoms with E-state index < -0.39 is 0 Å². The number of para-hydroxylation sites is 1. The molecule has 0 radical (unpaired) electrons. The molecule has 2 heterocycles. The Morgan fingerprint density at radius 3 is 2.73 bits per heavy atom. The number of thiophene rings is 1. The standard InChI is InChI=1S/C17H16Br2N2S/c1-11-20-16-14(10-21(11)12-5-3-2-4-6-12)13-7-8-17(18,19)9-15(13)22-16/h2-6H,7-10H2,1H3. The number of nitrogens with zero attached hydrogens (tertiary/aromatic N) is 2. The Morgan fingerprint density at radius 2 is 1.95 bits per heavy atom. The highest BCUT2D eigenvalue weighted by atomic mass is 79.9. The van der Waals surface area contributed by atoms with Crippen LogP contribution in [0.2, 0.25) is 0 Å². The molecule has 0 saturated heterocycles. The average Bonchev–Trinajstić information content (AvgIpc) is 2.81.